The summed E-state index contributed by atoms with van der Waals surface area (Å²) in [6.07, 6.45) is -2.53. The number of carbonyl (C=O) groups is 1. The van der Waals surface area contributed by atoms with E-state index in [1.165, 1.54) is 6.92 Å². The summed E-state index contributed by atoms with van der Waals surface area (Å²) in [4.78, 5) is 13.4. The third kappa shape index (κ3) is 6.33. The summed E-state index contributed by atoms with van der Waals surface area (Å²) in [6, 6.07) is -0.492. The van der Waals surface area contributed by atoms with E-state index >= 15 is 0 Å². The molecule has 3 aliphatic heterocycles. The molecule has 0 saturated carbocycles. The van der Waals surface area contributed by atoms with Crippen molar-refractivity contribution >= 4 is 5.97 Å². The molecule has 0 aromatic heterocycles. The lowest BCUT2D eigenvalue weighted by molar-refractivity contribution is -0.287. The molecule has 14 atom stereocenters. The van der Waals surface area contributed by atoms with Gasteiger partial charge in [0.15, 0.2) is 12.1 Å². The molecule has 3 fully saturated rings. The van der Waals surface area contributed by atoms with E-state index in [0.717, 1.165) is 12.8 Å². The highest BCUT2D eigenvalue weighted by Crippen LogP contribution is 2.50. The summed E-state index contributed by atoms with van der Waals surface area (Å²) in [5.74, 6) is -4.48. The van der Waals surface area contributed by atoms with Crippen LogP contribution in [0.3, 0.4) is 0 Å². The van der Waals surface area contributed by atoms with Crippen LogP contribution in [-0.4, -0.2) is 92.8 Å². The first-order valence-corrected chi connectivity index (χ1v) is 14.8. The van der Waals surface area contributed by atoms with Crippen molar-refractivity contribution in [1.29, 1.82) is 0 Å². The predicted molar refractivity (Wildman–Crippen MR) is 144 cm³/mol. The topological polar surface area (TPSA) is 147 Å². The van der Waals surface area contributed by atoms with Crippen molar-refractivity contribution in [3.8, 4) is 0 Å². The van der Waals surface area contributed by atoms with Crippen LogP contribution < -0.4 is 5.32 Å². The highest BCUT2D eigenvalue weighted by atomic mass is 16.7. The molecular weight excluding hydrogens is 506 g/mol. The first kappa shape index (κ1) is 32.7. The summed E-state index contributed by atoms with van der Waals surface area (Å²) < 4.78 is 24.7. The number of aliphatic hydroxyl groups excluding tert-OH is 2. The Kier molecular flexibility index (Phi) is 10.2. The van der Waals surface area contributed by atoms with E-state index in [9.17, 15) is 25.2 Å². The van der Waals surface area contributed by atoms with Gasteiger partial charge in [0, 0.05) is 12.0 Å². The van der Waals surface area contributed by atoms with Gasteiger partial charge in [0.25, 0.3) is 0 Å². The van der Waals surface area contributed by atoms with E-state index < -0.39 is 71.5 Å². The van der Waals surface area contributed by atoms with Crippen LogP contribution in [-0.2, 0) is 23.7 Å². The molecule has 0 unspecified atom stereocenters. The molecule has 0 aromatic rings. The Morgan fingerprint density at radius 2 is 1.69 bits per heavy atom. The van der Waals surface area contributed by atoms with Crippen molar-refractivity contribution in [2.75, 3.05) is 6.54 Å². The number of aliphatic hydroxyl groups is 4. The van der Waals surface area contributed by atoms with Gasteiger partial charge in [-0.3, -0.25) is 4.79 Å². The van der Waals surface area contributed by atoms with Gasteiger partial charge in [0.05, 0.1) is 17.8 Å². The Morgan fingerprint density at radius 3 is 2.28 bits per heavy atom. The van der Waals surface area contributed by atoms with E-state index in [-0.39, 0.29) is 24.4 Å². The smallest absolute Gasteiger partial charge is 0.314 e. The lowest BCUT2D eigenvalue weighted by Crippen LogP contribution is -2.59. The van der Waals surface area contributed by atoms with Gasteiger partial charge in [-0.25, -0.2) is 0 Å². The van der Waals surface area contributed by atoms with Crippen LogP contribution in [0.5, 0.6) is 0 Å². The number of fused-ring (bicyclic) bond motifs is 2. The zero-order valence-corrected chi connectivity index (χ0v) is 25.2. The molecule has 39 heavy (non-hydrogen) atoms. The van der Waals surface area contributed by atoms with Crippen molar-refractivity contribution in [3.63, 3.8) is 0 Å². The van der Waals surface area contributed by atoms with Crippen LogP contribution in [0.1, 0.15) is 88.0 Å². The summed E-state index contributed by atoms with van der Waals surface area (Å²) >= 11 is 0. The average molecular weight is 560 g/mol. The standard InChI is InChI=1S/C29H53NO9/c1-10-20-12-16(4)36-26(22(20)31)38-24-17(5)29(35)18(6)25(33)37-21(11-2)28(9,34)23(32)19(7)30-14-15(3)13-27(24,8)39-29/h15-24,26,30-32,34-35H,10-14H2,1-9H3/t15-,16-,17-,18+,19-,20+,21-,22-,23-,24-,26+,27+,28-,29+/m1/s1. The quantitative estimate of drug-likeness (QED) is 0.325. The molecule has 3 rings (SSSR count). The molecular formula is C29H53NO9. The van der Waals surface area contributed by atoms with Gasteiger partial charge in [-0.05, 0) is 72.3 Å². The fraction of sp³-hybridized carbons (Fsp3) is 0.966. The minimum Gasteiger partial charge on any atom is -0.459 e. The molecule has 0 aliphatic carbocycles. The number of hydrogen-bond acceptors (Lipinski definition) is 10. The van der Waals surface area contributed by atoms with Gasteiger partial charge in [0.2, 0.25) is 0 Å². The number of hydrogen-bond donors (Lipinski definition) is 5. The number of esters is 1. The fourth-order valence-electron chi connectivity index (χ4n) is 6.98. The van der Waals surface area contributed by atoms with Gasteiger partial charge < -0.3 is 44.7 Å². The highest BCUT2D eigenvalue weighted by molar-refractivity contribution is 5.73. The number of carbonyl (C=O) groups excluding carboxylic acids is 1. The van der Waals surface area contributed by atoms with E-state index in [2.05, 4.69) is 5.32 Å². The van der Waals surface area contributed by atoms with Gasteiger partial charge >= 0.3 is 5.97 Å². The maximum atomic E-state index is 13.4. The van der Waals surface area contributed by atoms with E-state index in [4.69, 9.17) is 18.9 Å². The third-order valence-electron chi connectivity index (χ3n) is 9.54. The Labute approximate surface area is 233 Å². The molecule has 3 aliphatic rings. The Bertz CT molecular complexity index is 842. The molecule has 10 heteroatoms. The molecule has 2 bridgehead atoms. The van der Waals surface area contributed by atoms with Crippen molar-refractivity contribution in [1.82, 2.24) is 5.32 Å². The maximum absolute atomic E-state index is 13.4. The number of ether oxygens (including phenoxy) is 4. The molecule has 0 aromatic carbocycles. The Balaban J connectivity index is 1.99. The van der Waals surface area contributed by atoms with Crippen LogP contribution in [0.25, 0.3) is 0 Å². The van der Waals surface area contributed by atoms with Crippen molar-refractivity contribution < 1.29 is 44.2 Å². The van der Waals surface area contributed by atoms with Crippen LogP contribution >= 0.6 is 0 Å². The summed E-state index contributed by atoms with van der Waals surface area (Å²) in [5, 5.41) is 48.5. The maximum Gasteiger partial charge on any atom is 0.314 e. The minimum absolute atomic E-state index is 0.00179. The van der Waals surface area contributed by atoms with E-state index in [1.54, 1.807) is 27.7 Å². The number of rotatable bonds is 4. The highest BCUT2D eigenvalue weighted by Gasteiger charge is 2.64. The molecule has 0 amide bonds. The second kappa shape index (κ2) is 12.2. The zero-order chi connectivity index (χ0) is 29.5. The van der Waals surface area contributed by atoms with E-state index in [0.29, 0.717) is 13.0 Å². The van der Waals surface area contributed by atoms with E-state index in [1.807, 2.05) is 27.7 Å². The van der Waals surface area contributed by atoms with Crippen LogP contribution in [0.15, 0.2) is 0 Å². The van der Waals surface area contributed by atoms with Crippen LogP contribution in [0.4, 0.5) is 0 Å². The SMILES string of the molecule is CC[C@H]1C[C@@H](C)O[C@@H](O[C@@H]2[C@@H](C)[C@]3(O)O[C@@]2(C)C[C@@H](C)CN[C@H](C)[C@@H](O)[C@](C)(O)[C@@H](CC)OC(=O)[C@@H]3C)[C@@H]1O. The largest absolute Gasteiger partial charge is 0.459 e. The van der Waals surface area contributed by atoms with Crippen molar-refractivity contribution in [2.45, 2.75) is 148 Å². The molecule has 0 spiro atoms. The molecule has 3 saturated heterocycles. The second-order valence-electron chi connectivity index (χ2n) is 13.0. The monoisotopic (exact) mass is 559 g/mol. The molecule has 3 heterocycles. The Hall–Kier alpha value is -0.850. The average Bonchev–Trinajstić information content (AvgIpc) is 3.06. The normalized spacial score (nSPS) is 52.2. The lowest BCUT2D eigenvalue weighted by Gasteiger charge is -2.42. The second-order valence-corrected chi connectivity index (χ2v) is 13.0. The van der Waals surface area contributed by atoms with Crippen molar-refractivity contribution in [2.24, 2.45) is 23.7 Å². The third-order valence-corrected chi connectivity index (χ3v) is 9.54. The molecule has 10 nitrogen and oxygen atoms in total. The van der Waals surface area contributed by atoms with Crippen molar-refractivity contribution in [3.05, 3.63) is 0 Å². The Morgan fingerprint density at radius 1 is 1.05 bits per heavy atom. The lowest BCUT2D eigenvalue weighted by atomic mass is 9.80. The summed E-state index contributed by atoms with van der Waals surface area (Å²) in [6.45, 7) is 16.7. The molecule has 228 valence electrons. The van der Waals surface area contributed by atoms with Gasteiger partial charge in [0.1, 0.15) is 29.8 Å². The zero-order valence-electron chi connectivity index (χ0n) is 25.2. The number of cyclic esters (lactones) is 1. The summed E-state index contributed by atoms with van der Waals surface area (Å²) in [5.41, 5.74) is -2.76. The van der Waals surface area contributed by atoms with Gasteiger partial charge in [-0.2, -0.15) is 0 Å². The first-order valence-electron chi connectivity index (χ1n) is 14.8. The fourth-order valence-corrected chi connectivity index (χ4v) is 6.98. The van der Waals surface area contributed by atoms with Gasteiger partial charge in [-0.15, -0.1) is 0 Å². The number of nitrogens with one attached hydrogen (secondary N) is 1. The van der Waals surface area contributed by atoms with Gasteiger partial charge in [-0.1, -0.05) is 34.1 Å². The summed E-state index contributed by atoms with van der Waals surface area (Å²) in [7, 11) is 0. The van der Waals surface area contributed by atoms with Crippen LogP contribution in [0.2, 0.25) is 0 Å². The molecule has 0 radical (unpaired) electrons. The molecule has 5 N–H and O–H groups in total. The predicted octanol–water partition coefficient (Wildman–Crippen LogP) is 2.09. The first-order chi connectivity index (χ1) is 18.0. The minimum atomic E-state index is -1.95. The van der Waals surface area contributed by atoms with Crippen LogP contribution in [0, 0.1) is 23.7 Å².